The number of hydrogen-bond donors (Lipinski definition) is 2. The van der Waals surface area contributed by atoms with Gasteiger partial charge in [0.25, 0.3) is 5.91 Å². The summed E-state index contributed by atoms with van der Waals surface area (Å²) in [6.45, 7) is 0. The molecule has 8 nitrogen and oxygen atoms in total. The number of aromatic nitrogens is 3. The predicted octanol–water partition coefficient (Wildman–Crippen LogP) is 3.63. The average molecular weight is 476 g/mol. The van der Waals surface area contributed by atoms with Gasteiger partial charge in [0.05, 0.1) is 24.0 Å². The van der Waals surface area contributed by atoms with E-state index in [1.165, 1.54) is 19.2 Å². The third-order valence-electron chi connectivity index (χ3n) is 4.75. The lowest BCUT2D eigenvalue weighted by molar-refractivity contribution is -0.119. The number of hydrogen-bond acceptors (Lipinski definition) is 6. The SMILES string of the molecule is COc1ccc(Cl)cc1C(=O)NNC(=O)CSc1nnc(-c2ccccc2F)n1C1CC1. The molecule has 1 aliphatic rings. The number of hydrazine groups is 1. The lowest BCUT2D eigenvalue weighted by Gasteiger charge is -2.11. The number of ether oxygens (including phenoxy) is 1. The molecule has 1 heterocycles. The van der Waals surface area contributed by atoms with E-state index >= 15 is 0 Å². The highest BCUT2D eigenvalue weighted by atomic mass is 35.5. The van der Waals surface area contributed by atoms with Crippen LogP contribution in [0.2, 0.25) is 5.02 Å². The van der Waals surface area contributed by atoms with Crippen LogP contribution < -0.4 is 15.6 Å². The maximum atomic E-state index is 14.2. The van der Waals surface area contributed by atoms with Crippen molar-refractivity contribution in [2.45, 2.75) is 24.0 Å². The lowest BCUT2D eigenvalue weighted by atomic mass is 10.2. The number of nitrogens with zero attached hydrogens (tertiary/aromatic N) is 3. The molecule has 0 atom stereocenters. The molecule has 0 radical (unpaired) electrons. The number of benzene rings is 2. The van der Waals surface area contributed by atoms with Crippen LogP contribution in [0.5, 0.6) is 5.75 Å². The van der Waals surface area contributed by atoms with Gasteiger partial charge in [-0.3, -0.25) is 25.0 Å². The molecule has 1 aromatic heterocycles. The largest absolute Gasteiger partial charge is 0.496 e. The van der Waals surface area contributed by atoms with Crippen LogP contribution >= 0.6 is 23.4 Å². The van der Waals surface area contributed by atoms with Crippen LogP contribution in [-0.2, 0) is 4.79 Å². The predicted molar refractivity (Wildman–Crippen MR) is 118 cm³/mol. The molecule has 4 rings (SSSR count). The summed E-state index contributed by atoms with van der Waals surface area (Å²) in [5.41, 5.74) is 5.26. The van der Waals surface area contributed by atoms with Crippen molar-refractivity contribution >= 4 is 35.2 Å². The van der Waals surface area contributed by atoms with Crippen molar-refractivity contribution in [2.75, 3.05) is 12.9 Å². The Hall–Kier alpha value is -3.11. The molecule has 32 heavy (non-hydrogen) atoms. The maximum absolute atomic E-state index is 14.2. The molecule has 0 saturated heterocycles. The van der Waals surface area contributed by atoms with E-state index < -0.39 is 11.8 Å². The van der Waals surface area contributed by atoms with Crippen molar-refractivity contribution in [3.8, 4) is 17.1 Å². The smallest absolute Gasteiger partial charge is 0.273 e. The summed E-state index contributed by atoms with van der Waals surface area (Å²) < 4.78 is 21.3. The Labute approximate surface area is 192 Å². The fourth-order valence-electron chi connectivity index (χ4n) is 3.08. The zero-order valence-electron chi connectivity index (χ0n) is 17.0. The van der Waals surface area contributed by atoms with Gasteiger partial charge in [-0.25, -0.2) is 4.39 Å². The van der Waals surface area contributed by atoms with Gasteiger partial charge in [0.15, 0.2) is 11.0 Å². The highest BCUT2D eigenvalue weighted by Crippen LogP contribution is 2.41. The van der Waals surface area contributed by atoms with Crippen molar-refractivity contribution in [3.05, 3.63) is 58.9 Å². The van der Waals surface area contributed by atoms with Gasteiger partial charge < -0.3 is 4.74 Å². The van der Waals surface area contributed by atoms with Crippen molar-refractivity contribution in [2.24, 2.45) is 0 Å². The molecule has 1 saturated carbocycles. The Balaban J connectivity index is 1.39. The maximum Gasteiger partial charge on any atom is 0.273 e. The summed E-state index contributed by atoms with van der Waals surface area (Å²) >= 11 is 7.09. The summed E-state index contributed by atoms with van der Waals surface area (Å²) in [5, 5.41) is 9.19. The van der Waals surface area contributed by atoms with E-state index in [1.807, 2.05) is 4.57 Å². The fraction of sp³-hybridized carbons (Fsp3) is 0.238. The van der Waals surface area contributed by atoms with Crippen LogP contribution in [0, 0.1) is 5.82 Å². The first-order chi connectivity index (χ1) is 15.5. The van der Waals surface area contributed by atoms with Crippen LogP contribution in [0.3, 0.4) is 0 Å². The second kappa shape index (κ2) is 9.58. The van der Waals surface area contributed by atoms with Gasteiger partial charge in [-0.05, 0) is 43.2 Å². The minimum Gasteiger partial charge on any atom is -0.496 e. The normalized spacial score (nSPS) is 13.0. The number of amides is 2. The van der Waals surface area contributed by atoms with E-state index in [9.17, 15) is 14.0 Å². The number of nitrogens with one attached hydrogen (secondary N) is 2. The molecule has 1 aliphatic carbocycles. The van der Waals surface area contributed by atoms with Crippen LogP contribution in [0.4, 0.5) is 4.39 Å². The molecule has 11 heteroatoms. The van der Waals surface area contributed by atoms with Crippen LogP contribution in [-0.4, -0.2) is 39.4 Å². The van der Waals surface area contributed by atoms with Gasteiger partial charge >= 0.3 is 0 Å². The highest BCUT2D eigenvalue weighted by molar-refractivity contribution is 7.99. The third-order valence-corrected chi connectivity index (χ3v) is 5.92. The number of rotatable bonds is 7. The van der Waals surface area contributed by atoms with Crippen LogP contribution in [0.15, 0.2) is 47.6 Å². The third kappa shape index (κ3) is 4.86. The Morgan fingerprint density at radius 2 is 2.00 bits per heavy atom. The Bertz CT molecular complexity index is 1170. The van der Waals surface area contributed by atoms with Gasteiger partial charge in [0, 0.05) is 11.1 Å². The highest BCUT2D eigenvalue weighted by Gasteiger charge is 2.31. The second-order valence-corrected chi connectivity index (χ2v) is 8.40. The minimum absolute atomic E-state index is 0.0188. The number of halogens is 2. The number of methoxy groups -OCH3 is 1. The quantitative estimate of drug-likeness (QED) is 0.400. The second-order valence-electron chi connectivity index (χ2n) is 7.02. The van der Waals surface area contributed by atoms with Crippen molar-refractivity contribution < 1.29 is 18.7 Å². The minimum atomic E-state index is -0.564. The van der Waals surface area contributed by atoms with Crippen molar-refractivity contribution in [1.29, 1.82) is 0 Å². The van der Waals surface area contributed by atoms with Crippen molar-refractivity contribution in [3.63, 3.8) is 0 Å². The average Bonchev–Trinajstić information content (AvgIpc) is 3.55. The van der Waals surface area contributed by atoms with E-state index in [0.717, 1.165) is 24.6 Å². The van der Waals surface area contributed by atoms with Crippen LogP contribution in [0.1, 0.15) is 29.2 Å². The molecule has 0 bridgehead atoms. The molecule has 2 N–H and O–H groups in total. The van der Waals surface area contributed by atoms with E-state index in [-0.39, 0.29) is 23.2 Å². The fourth-order valence-corrected chi connectivity index (χ4v) is 4.06. The zero-order chi connectivity index (χ0) is 22.7. The molecule has 2 aromatic carbocycles. The zero-order valence-corrected chi connectivity index (χ0v) is 18.5. The van der Waals surface area contributed by atoms with E-state index in [2.05, 4.69) is 21.0 Å². The molecule has 0 aliphatic heterocycles. The summed E-state index contributed by atoms with van der Waals surface area (Å²) in [6.07, 6.45) is 1.88. The van der Waals surface area contributed by atoms with Gasteiger partial charge in [0.1, 0.15) is 11.6 Å². The van der Waals surface area contributed by atoms with E-state index in [4.69, 9.17) is 16.3 Å². The summed E-state index contributed by atoms with van der Waals surface area (Å²) in [4.78, 5) is 24.6. The van der Waals surface area contributed by atoms with Gasteiger partial charge in [0.2, 0.25) is 5.91 Å². The Morgan fingerprint density at radius 1 is 1.22 bits per heavy atom. The number of thioether (sulfide) groups is 1. The summed E-state index contributed by atoms with van der Waals surface area (Å²) in [7, 11) is 1.43. The molecule has 166 valence electrons. The first-order valence-electron chi connectivity index (χ1n) is 9.73. The molecule has 0 unspecified atom stereocenters. The van der Waals surface area contributed by atoms with E-state index in [1.54, 1.807) is 30.3 Å². The summed E-state index contributed by atoms with van der Waals surface area (Å²) in [5.74, 6) is -0.638. The lowest BCUT2D eigenvalue weighted by Crippen LogP contribution is -2.42. The van der Waals surface area contributed by atoms with Gasteiger partial charge in [-0.15, -0.1) is 10.2 Å². The first-order valence-corrected chi connectivity index (χ1v) is 11.1. The Morgan fingerprint density at radius 3 is 2.72 bits per heavy atom. The topological polar surface area (TPSA) is 98.1 Å². The molecule has 1 fully saturated rings. The molecular formula is C21H19ClFN5O3S. The van der Waals surface area contributed by atoms with E-state index in [0.29, 0.717) is 27.3 Å². The molecule has 0 spiro atoms. The van der Waals surface area contributed by atoms with Crippen molar-refractivity contribution in [1.82, 2.24) is 25.6 Å². The molecular weight excluding hydrogens is 457 g/mol. The standard InChI is InChI=1S/C21H19ClFN5O3S/c1-31-17-9-6-12(22)10-15(17)20(30)26-24-18(29)11-32-21-27-25-19(28(21)13-7-8-13)14-4-2-3-5-16(14)23/h2-6,9-10,13H,7-8,11H2,1H3,(H,24,29)(H,26,30). The summed E-state index contributed by atoms with van der Waals surface area (Å²) in [6, 6.07) is 11.2. The Kier molecular flexibility index (Phi) is 6.61. The monoisotopic (exact) mass is 475 g/mol. The van der Waals surface area contributed by atoms with Gasteiger partial charge in [-0.2, -0.15) is 0 Å². The number of carbonyl (C=O) groups is 2. The first kappa shape index (κ1) is 22.1. The molecule has 2 amide bonds. The molecule has 3 aromatic rings. The van der Waals surface area contributed by atoms with Crippen LogP contribution in [0.25, 0.3) is 11.4 Å². The number of carbonyl (C=O) groups excluding carboxylic acids is 2. The van der Waals surface area contributed by atoms with Gasteiger partial charge in [-0.1, -0.05) is 35.5 Å².